The van der Waals surface area contributed by atoms with E-state index >= 15 is 0 Å². The van der Waals surface area contributed by atoms with Crippen LogP contribution in [-0.2, 0) is 22.0 Å². The summed E-state index contributed by atoms with van der Waals surface area (Å²) < 4.78 is 0. The van der Waals surface area contributed by atoms with Crippen LogP contribution in [0.25, 0.3) is 0 Å². The first kappa shape index (κ1) is 22.1. The normalized spacial score (nSPS) is 17.0. The van der Waals surface area contributed by atoms with Crippen LogP contribution in [0.3, 0.4) is 0 Å². The van der Waals surface area contributed by atoms with Gasteiger partial charge in [-0.1, -0.05) is 59.1 Å². The summed E-state index contributed by atoms with van der Waals surface area (Å²) in [5.74, 6) is 1.36. The Balaban J connectivity index is 2.18. The van der Waals surface area contributed by atoms with E-state index in [1.807, 2.05) is 0 Å². The number of phenolic OH excluding ortho intramolecular Hbond substituents is 1. The number of hydrogen-bond donors (Lipinski definition) is 2. The maximum atomic E-state index is 11.1. The van der Waals surface area contributed by atoms with E-state index in [1.54, 1.807) is 11.8 Å². The summed E-state index contributed by atoms with van der Waals surface area (Å²) in [6.45, 7) is 9.02. The fourth-order valence-corrected chi connectivity index (χ4v) is 4.88. The molecule has 2 rings (SSSR count). The zero-order valence-corrected chi connectivity index (χ0v) is 18.3. The van der Waals surface area contributed by atoms with Crippen molar-refractivity contribution in [2.24, 2.45) is 0 Å². The Morgan fingerprint density at radius 2 is 1.81 bits per heavy atom. The Kier molecular flexibility index (Phi) is 7.67. The lowest BCUT2D eigenvalue weighted by molar-refractivity contribution is -0.136. The highest BCUT2D eigenvalue weighted by Gasteiger charge is 2.33. The van der Waals surface area contributed by atoms with Crippen LogP contribution in [0.1, 0.15) is 89.3 Å². The number of benzene rings is 1. The molecule has 4 heteroatoms. The van der Waals surface area contributed by atoms with Crippen molar-refractivity contribution < 1.29 is 15.0 Å². The fourth-order valence-electron chi connectivity index (χ4n) is 4.01. The number of carbonyl (C=O) groups is 1. The first-order valence-electron chi connectivity index (χ1n) is 10.3. The summed E-state index contributed by atoms with van der Waals surface area (Å²) in [4.78, 5) is 10.6. The molecule has 1 aliphatic carbocycles. The Hall–Kier alpha value is -1.16. The van der Waals surface area contributed by atoms with E-state index in [1.165, 1.54) is 24.8 Å². The summed E-state index contributed by atoms with van der Waals surface area (Å²) in [5.41, 5.74) is 3.63. The summed E-state index contributed by atoms with van der Waals surface area (Å²) in [7, 11) is 0. The van der Waals surface area contributed by atoms with Gasteiger partial charge in [0.15, 0.2) is 0 Å². The topological polar surface area (TPSA) is 57.5 Å². The number of carboxylic acid groups (broad SMARTS) is 1. The van der Waals surface area contributed by atoms with Crippen LogP contribution in [0.2, 0.25) is 0 Å². The first-order valence-corrected chi connectivity index (χ1v) is 11.5. The molecule has 3 nitrogen and oxygen atoms in total. The van der Waals surface area contributed by atoms with Gasteiger partial charge in [0.25, 0.3) is 0 Å². The highest BCUT2D eigenvalue weighted by molar-refractivity contribution is 7.99. The molecule has 0 aliphatic heterocycles. The maximum absolute atomic E-state index is 11.1. The second kappa shape index (κ2) is 9.36. The number of hydrogen-bond acceptors (Lipinski definition) is 3. The molecular weight excluding hydrogens is 356 g/mol. The predicted octanol–water partition coefficient (Wildman–Crippen LogP) is 6.05. The van der Waals surface area contributed by atoms with E-state index in [0.717, 1.165) is 42.6 Å². The third kappa shape index (κ3) is 6.17. The molecule has 152 valence electrons. The fraction of sp³-hybridized carbons (Fsp3) is 0.696. The van der Waals surface area contributed by atoms with Crippen molar-refractivity contribution in [3.05, 3.63) is 28.8 Å². The summed E-state index contributed by atoms with van der Waals surface area (Å²) in [5, 5.41) is 19.8. The summed E-state index contributed by atoms with van der Waals surface area (Å²) in [6.07, 6.45) is 8.11. The predicted molar refractivity (Wildman–Crippen MR) is 115 cm³/mol. The van der Waals surface area contributed by atoms with Gasteiger partial charge in [-0.3, -0.25) is 4.79 Å². The minimum Gasteiger partial charge on any atom is -0.507 e. The second-order valence-electron chi connectivity index (χ2n) is 9.26. The number of aryl methyl sites for hydroxylation is 1. The Bertz CT molecular complexity index is 640. The third-order valence-electron chi connectivity index (χ3n) is 5.86. The second-order valence-corrected chi connectivity index (χ2v) is 10.5. The minimum absolute atomic E-state index is 0.0540. The summed E-state index contributed by atoms with van der Waals surface area (Å²) in [6, 6.07) is 4.44. The van der Waals surface area contributed by atoms with Crippen molar-refractivity contribution in [3.63, 3.8) is 0 Å². The van der Waals surface area contributed by atoms with Crippen LogP contribution in [0.15, 0.2) is 12.1 Å². The lowest BCUT2D eigenvalue weighted by atomic mass is 9.69. The molecule has 1 aromatic carbocycles. The van der Waals surface area contributed by atoms with Gasteiger partial charge >= 0.3 is 5.97 Å². The number of aliphatic carboxylic acids is 1. The van der Waals surface area contributed by atoms with Crippen molar-refractivity contribution in [3.8, 4) is 5.75 Å². The van der Waals surface area contributed by atoms with Crippen molar-refractivity contribution in [1.29, 1.82) is 0 Å². The average molecular weight is 393 g/mol. The molecule has 0 bridgehead atoms. The van der Waals surface area contributed by atoms with E-state index in [2.05, 4.69) is 39.8 Å². The molecule has 0 unspecified atom stereocenters. The van der Waals surface area contributed by atoms with Crippen LogP contribution >= 0.6 is 11.8 Å². The van der Waals surface area contributed by atoms with Crippen molar-refractivity contribution in [2.75, 3.05) is 11.5 Å². The molecule has 0 aromatic heterocycles. The van der Waals surface area contributed by atoms with Gasteiger partial charge in [0.2, 0.25) is 0 Å². The molecule has 1 saturated carbocycles. The molecule has 0 atom stereocenters. The van der Waals surface area contributed by atoms with Crippen molar-refractivity contribution in [2.45, 2.75) is 89.9 Å². The third-order valence-corrected chi connectivity index (χ3v) is 6.93. The molecule has 27 heavy (non-hydrogen) atoms. The highest BCUT2D eigenvalue weighted by Crippen LogP contribution is 2.45. The van der Waals surface area contributed by atoms with Gasteiger partial charge in [-0.05, 0) is 53.4 Å². The van der Waals surface area contributed by atoms with Gasteiger partial charge in [-0.25, -0.2) is 0 Å². The van der Waals surface area contributed by atoms with E-state index in [0.29, 0.717) is 11.5 Å². The van der Waals surface area contributed by atoms with Gasteiger partial charge < -0.3 is 10.2 Å². The Morgan fingerprint density at radius 1 is 1.15 bits per heavy atom. The molecule has 0 spiro atoms. The molecule has 1 aromatic rings. The lowest BCUT2D eigenvalue weighted by Crippen LogP contribution is -2.26. The van der Waals surface area contributed by atoms with Crippen LogP contribution in [0.4, 0.5) is 0 Å². The molecule has 0 heterocycles. The maximum Gasteiger partial charge on any atom is 0.304 e. The quantitative estimate of drug-likeness (QED) is 0.529. The van der Waals surface area contributed by atoms with Crippen LogP contribution in [0, 0.1) is 0 Å². The lowest BCUT2D eigenvalue weighted by Gasteiger charge is -2.36. The van der Waals surface area contributed by atoms with Crippen LogP contribution in [-0.4, -0.2) is 27.7 Å². The molecule has 2 N–H and O–H groups in total. The van der Waals surface area contributed by atoms with E-state index < -0.39 is 5.97 Å². The van der Waals surface area contributed by atoms with E-state index in [-0.39, 0.29) is 17.3 Å². The molecule has 0 saturated heterocycles. The van der Waals surface area contributed by atoms with Gasteiger partial charge in [0.05, 0.1) is 6.42 Å². The number of carboxylic acids is 1. The van der Waals surface area contributed by atoms with Crippen LogP contribution in [0.5, 0.6) is 5.75 Å². The molecule has 0 radical (unpaired) electrons. The number of thioether (sulfide) groups is 1. The number of phenols is 1. The number of aromatic hydroxyl groups is 1. The molecule has 1 fully saturated rings. The smallest absolute Gasteiger partial charge is 0.304 e. The van der Waals surface area contributed by atoms with Gasteiger partial charge in [-0.2, -0.15) is 11.8 Å². The Morgan fingerprint density at radius 3 is 2.41 bits per heavy atom. The number of rotatable bonds is 8. The van der Waals surface area contributed by atoms with Gasteiger partial charge in [0.1, 0.15) is 5.75 Å². The van der Waals surface area contributed by atoms with Crippen molar-refractivity contribution >= 4 is 17.7 Å². The molecule has 1 aliphatic rings. The van der Waals surface area contributed by atoms with Crippen LogP contribution < -0.4 is 0 Å². The largest absolute Gasteiger partial charge is 0.507 e. The zero-order chi connectivity index (χ0) is 20.1. The van der Waals surface area contributed by atoms with Crippen molar-refractivity contribution in [1.82, 2.24) is 0 Å². The van der Waals surface area contributed by atoms with Gasteiger partial charge in [0, 0.05) is 11.3 Å². The monoisotopic (exact) mass is 392 g/mol. The molecular formula is C23H36O3S. The SMILES string of the molecule is CC(C)(C)c1cc(CCCSCCC(=O)O)c(O)c(C2(C)CCCCC2)c1. The van der Waals surface area contributed by atoms with E-state index in [9.17, 15) is 9.90 Å². The first-order chi connectivity index (χ1) is 12.6. The molecule has 0 amide bonds. The van der Waals surface area contributed by atoms with Gasteiger partial charge in [-0.15, -0.1) is 0 Å². The zero-order valence-electron chi connectivity index (χ0n) is 17.4. The van der Waals surface area contributed by atoms with E-state index in [4.69, 9.17) is 5.11 Å². The minimum atomic E-state index is -0.733. The Labute approximate surface area is 169 Å². The summed E-state index contributed by atoms with van der Waals surface area (Å²) >= 11 is 1.69. The standard InChI is InChI=1S/C23H36O3S/c1-22(2,3)18-15-17(9-8-13-27-14-10-20(24)25)21(26)19(16-18)23(4)11-6-5-7-12-23/h15-16,26H,5-14H2,1-4H3,(H,24,25). The highest BCUT2D eigenvalue weighted by atomic mass is 32.2. The average Bonchev–Trinajstić information content (AvgIpc) is 2.58.